The fourth-order valence-corrected chi connectivity index (χ4v) is 2.95. The van der Waals surface area contributed by atoms with E-state index >= 15 is 0 Å². The summed E-state index contributed by atoms with van der Waals surface area (Å²) in [6.45, 7) is 0. The molecule has 6 nitrogen and oxygen atoms in total. The molecule has 106 valence electrons. The highest BCUT2D eigenvalue weighted by Crippen LogP contribution is 2.38. The van der Waals surface area contributed by atoms with Crippen molar-refractivity contribution in [1.29, 1.82) is 0 Å². The molecule has 0 aliphatic carbocycles. The van der Waals surface area contributed by atoms with Gasteiger partial charge < -0.3 is 5.11 Å². The number of aromatic carboxylic acids is 1. The Hall–Kier alpha value is -2.61. The second-order valence-electron chi connectivity index (χ2n) is 4.30. The Kier molecular flexibility index (Phi) is 3.22. The van der Waals surface area contributed by atoms with Crippen molar-refractivity contribution in [2.75, 3.05) is 0 Å². The van der Waals surface area contributed by atoms with Crippen molar-refractivity contribution in [3.05, 3.63) is 41.0 Å². The van der Waals surface area contributed by atoms with Crippen LogP contribution in [0.25, 0.3) is 21.8 Å². The maximum atomic E-state index is 13.4. The van der Waals surface area contributed by atoms with Gasteiger partial charge in [-0.05, 0) is 34.2 Å². The minimum atomic E-state index is -1.04. The third-order valence-corrected chi connectivity index (χ3v) is 4.06. The quantitative estimate of drug-likeness (QED) is 0.804. The Labute approximate surface area is 122 Å². The van der Waals surface area contributed by atoms with Crippen molar-refractivity contribution >= 4 is 17.3 Å². The molecule has 2 heterocycles. The van der Waals surface area contributed by atoms with Gasteiger partial charge in [0.25, 0.3) is 0 Å². The van der Waals surface area contributed by atoms with Gasteiger partial charge in [0.15, 0.2) is 5.82 Å². The van der Waals surface area contributed by atoms with Gasteiger partial charge in [-0.25, -0.2) is 13.9 Å². The normalized spacial score (nSPS) is 10.8. The summed E-state index contributed by atoms with van der Waals surface area (Å²) in [5, 5.41) is 20.3. The van der Waals surface area contributed by atoms with Crippen LogP contribution in [-0.2, 0) is 7.05 Å². The summed E-state index contributed by atoms with van der Waals surface area (Å²) in [5.74, 6) is -1.00. The monoisotopic (exact) mass is 304 g/mol. The lowest BCUT2D eigenvalue weighted by molar-refractivity contribution is 0.0702. The fourth-order valence-electron chi connectivity index (χ4n) is 1.96. The molecule has 0 aliphatic rings. The van der Waals surface area contributed by atoms with Gasteiger partial charge in [-0.15, -0.1) is 16.4 Å². The topological polar surface area (TPSA) is 80.9 Å². The number of halogens is 1. The number of tetrazole rings is 1. The van der Waals surface area contributed by atoms with Gasteiger partial charge in [0.1, 0.15) is 10.7 Å². The molecule has 0 amide bonds. The van der Waals surface area contributed by atoms with Crippen LogP contribution in [0.4, 0.5) is 4.39 Å². The lowest BCUT2D eigenvalue weighted by atomic mass is 10.1. The number of nitrogens with zero attached hydrogens (tertiary/aromatic N) is 4. The van der Waals surface area contributed by atoms with Gasteiger partial charge in [-0.3, -0.25) is 0 Å². The smallest absolute Gasteiger partial charge is 0.345 e. The SMILES string of the molecule is Cn1nnnc1-c1cc(C(=O)O)sc1-c1cccc(F)c1. The van der Waals surface area contributed by atoms with E-state index < -0.39 is 5.97 Å². The van der Waals surface area contributed by atoms with Crippen LogP contribution in [0.2, 0.25) is 0 Å². The lowest BCUT2D eigenvalue weighted by Crippen LogP contribution is -1.95. The molecule has 0 fully saturated rings. The molecule has 0 spiro atoms. The first-order valence-corrected chi connectivity index (χ1v) is 6.73. The van der Waals surface area contributed by atoms with E-state index in [4.69, 9.17) is 5.11 Å². The van der Waals surface area contributed by atoms with Crippen molar-refractivity contribution < 1.29 is 14.3 Å². The fraction of sp³-hybridized carbons (Fsp3) is 0.0769. The van der Waals surface area contributed by atoms with E-state index in [1.807, 2.05) is 0 Å². The van der Waals surface area contributed by atoms with Crippen LogP contribution in [0.5, 0.6) is 0 Å². The first kappa shape index (κ1) is 13.4. The average molecular weight is 304 g/mol. The van der Waals surface area contributed by atoms with E-state index in [0.29, 0.717) is 21.8 Å². The molecule has 0 unspecified atom stereocenters. The van der Waals surface area contributed by atoms with Crippen molar-refractivity contribution in [3.8, 4) is 21.8 Å². The molecule has 3 rings (SSSR count). The van der Waals surface area contributed by atoms with E-state index in [1.165, 1.54) is 22.9 Å². The summed E-state index contributed by atoms with van der Waals surface area (Å²) in [6, 6.07) is 7.47. The highest BCUT2D eigenvalue weighted by atomic mass is 32.1. The summed E-state index contributed by atoms with van der Waals surface area (Å²) >= 11 is 1.06. The summed E-state index contributed by atoms with van der Waals surface area (Å²) in [4.78, 5) is 12.0. The number of carbonyl (C=O) groups is 1. The molecule has 1 aromatic carbocycles. The first-order valence-electron chi connectivity index (χ1n) is 5.92. The molecule has 3 aromatic rings. The molecule has 0 radical (unpaired) electrons. The Bertz CT molecular complexity index is 827. The molecule has 0 saturated carbocycles. The van der Waals surface area contributed by atoms with Gasteiger partial charge in [0.05, 0.1) is 0 Å². The molecule has 0 aliphatic heterocycles. The molecule has 0 atom stereocenters. The van der Waals surface area contributed by atoms with Crippen molar-refractivity contribution in [2.24, 2.45) is 7.05 Å². The molecule has 1 N–H and O–H groups in total. The van der Waals surface area contributed by atoms with Crippen LogP contribution in [0.1, 0.15) is 9.67 Å². The van der Waals surface area contributed by atoms with Crippen LogP contribution >= 0.6 is 11.3 Å². The Morgan fingerprint density at radius 2 is 2.19 bits per heavy atom. The Morgan fingerprint density at radius 3 is 2.81 bits per heavy atom. The predicted molar refractivity (Wildman–Crippen MR) is 74.5 cm³/mol. The number of benzene rings is 1. The van der Waals surface area contributed by atoms with Gasteiger partial charge in [0, 0.05) is 17.5 Å². The average Bonchev–Trinajstić information content (AvgIpc) is 3.04. The minimum Gasteiger partial charge on any atom is -0.477 e. The first-order chi connectivity index (χ1) is 10.1. The largest absolute Gasteiger partial charge is 0.477 e. The van der Waals surface area contributed by atoms with Crippen molar-refractivity contribution in [1.82, 2.24) is 20.2 Å². The van der Waals surface area contributed by atoms with E-state index in [9.17, 15) is 9.18 Å². The molecule has 0 saturated heterocycles. The minimum absolute atomic E-state index is 0.146. The van der Waals surface area contributed by atoms with Crippen LogP contribution in [0.3, 0.4) is 0 Å². The van der Waals surface area contributed by atoms with Crippen LogP contribution in [0, 0.1) is 5.82 Å². The van der Waals surface area contributed by atoms with Gasteiger partial charge in [0.2, 0.25) is 0 Å². The lowest BCUT2D eigenvalue weighted by Gasteiger charge is -2.02. The molecule has 8 heteroatoms. The molecular formula is C13H9FN4O2S. The number of carboxylic acid groups (broad SMARTS) is 1. The van der Waals surface area contributed by atoms with Gasteiger partial charge >= 0.3 is 5.97 Å². The standard InChI is InChI=1S/C13H9FN4O2S/c1-18-12(15-16-17-18)9-6-10(13(19)20)21-11(9)7-3-2-4-8(14)5-7/h2-6H,1H3,(H,19,20). The molecule has 0 bridgehead atoms. The zero-order valence-electron chi connectivity index (χ0n) is 10.8. The third-order valence-electron chi connectivity index (χ3n) is 2.89. The van der Waals surface area contributed by atoms with E-state index in [2.05, 4.69) is 15.5 Å². The number of carboxylic acids is 1. The summed E-state index contributed by atoms with van der Waals surface area (Å²) in [5.41, 5.74) is 1.15. The van der Waals surface area contributed by atoms with E-state index in [1.54, 1.807) is 19.2 Å². The number of aryl methyl sites for hydroxylation is 1. The summed E-state index contributed by atoms with van der Waals surface area (Å²) in [6.07, 6.45) is 0. The third kappa shape index (κ3) is 2.40. The number of rotatable bonds is 3. The maximum absolute atomic E-state index is 13.4. The number of hydrogen-bond acceptors (Lipinski definition) is 5. The number of thiophene rings is 1. The zero-order valence-corrected chi connectivity index (χ0v) is 11.6. The number of hydrogen-bond donors (Lipinski definition) is 1. The summed E-state index contributed by atoms with van der Waals surface area (Å²) in [7, 11) is 1.66. The molecule has 2 aromatic heterocycles. The van der Waals surface area contributed by atoms with Crippen LogP contribution in [0.15, 0.2) is 30.3 Å². The van der Waals surface area contributed by atoms with Gasteiger partial charge in [-0.2, -0.15) is 0 Å². The van der Waals surface area contributed by atoms with Crippen LogP contribution in [-0.4, -0.2) is 31.3 Å². The van der Waals surface area contributed by atoms with Crippen molar-refractivity contribution in [2.45, 2.75) is 0 Å². The maximum Gasteiger partial charge on any atom is 0.345 e. The molecular weight excluding hydrogens is 295 g/mol. The highest BCUT2D eigenvalue weighted by Gasteiger charge is 2.20. The van der Waals surface area contributed by atoms with Crippen molar-refractivity contribution in [3.63, 3.8) is 0 Å². The highest BCUT2D eigenvalue weighted by molar-refractivity contribution is 7.18. The van der Waals surface area contributed by atoms with Gasteiger partial charge in [-0.1, -0.05) is 12.1 Å². The second kappa shape index (κ2) is 5.06. The Balaban J connectivity index is 2.24. The molecule has 21 heavy (non-hydrogen) atoms. The van der Waals surface area contributed by atoms with Crippen LogP contribution < -0.4 is 0 Å². The zero-order chi connectivity index (χ0) is 15.0. The Morgan fingerprint density at radius 1 is 1.38 bits per heavy atom. The van der Waals surface area contributed by atoms with E-state index in [-0.39, 0.29) is 10.7 Å². The second-order valence-corrected chi connectivity index (χ2v) is 5.35. The van der Waals surface area contributed by atoms with E-state index in [0.717, 1.165) is 11.3 Å². The number of aromatic nitrogens is 4. The summed E-state index contributed by atoms with van der Waals surface area (Å²) < 4.78 is 14.9. The predicted octanol–water partition coefficient (Wildman–Crippen LogP) is 2.44.